The second kappa shape index (κ2) is 5.96. The van der Waals surface area contributed by atoms with E-state index in [1.165, 1.54) is 0 Å². The van der Waals surface area contributed by atoms with Gasteiger partial charge in [-0.25, -0.2) is 0 Å². The maximum Gasteiger partial charge on any atom is 0.251 e. The molecule has 0 aliphatic rings. The van der Waals surface area contributed by atoms with Gasteiger partial charge in [0.25, 0.3) is 5.91 Å². The van der Waals surface area contributed by atoms with E-state index in [2.05, 4.69) is 21.2 Å². The molecule has 3 nitrogen and oxygen atoms in total. The van der Waals surface area contributed by atoms with Crippen molar-refractivity contribution in [3.63, 3.8) is 0 Å². The largest absolute Gasteiger partial charge is 0.393 e. The Balaban J connectivity index is 2.62. The second-order valence-corrected chi connectivity index (χ2v) is 5.00. The van der Waals surface area contributed by atoms with Crippen LogP contribution in [0.4, 0.5) is 0 Å². The summed E-state index contributed by atoms with van der Waals surface area (Å²) in [7, 11) is 0. The number of thiocarbonyl (C=S) groups is 1. The molecule has 1 atom stereocenters. The van der Waals surface area contributed by atoms with Gasteiger partial charge in [-0.1, -0.05) is 34.2 Å². The molecular formula is C11H13BrN2OS. The standard InChI is InChI=1S/C11H13BrN2OS/c1-7(5-10(13)16)14-11(15)8-3-2-4-9(12)6-8/h2-4,6-7H,5H2,1H3,(H2,13,16)(H,14,15). The minimum Gasteiger partial charge on any atom is -0.393 e. The zero-order chi connectivity index (χ0) is 12.1. The van der Waals surface area contributed by atoms with Crippen molar-refractivity contribution < 1.29 is 4.79 Å². The summed E-state index contributed by atoms with van der Waals surface area (Å²) in [6.07, 6.45) is 0.509. The zero-order valence-corrected chi connectivity index (χ0v) is 11.3. The molecule has 0 aliphatic carbocycles. The summed E-state index contributed by atoms with van der Waals surface area (Å²) in [4.78, 5) is 12.2. The van der Waals surface area contributed by atoms with E-state index in [4.69, 9.17) is 18.0 Å². The third-order valence-corrected chi connectivity index (χ3v) is 2.63. The van der Waals surface area contributed by atoms with Gasteiger partial charge in [0.05, 0.1) is 4.99 Å². The van der Waals surface area contributed by atoms with Crippen LogP contribution in [0.5, 0.6) is 0 Å². The van der Waals surface area contributed by atoms with Gasteiger partial charge in [-0.3, -0.25) is 4.79 Å². The van der Waals surface area contributed by atoms with Crippen LogP contribution in [0.3, 0.4) is 0 Å². The number of rotatable bonds is 4. The number of nitrogens with two attached hydrogens (primary N) is 1. The molecule has 0 bridgehead atoms. The van der Waals surface area contributed by atoms with Crippen molar-refractivity contribution in [2.45, 2.75) is 19.4 Å². The number of halogens is 1. The van der Waals surface area contributed by atoms with Crippen LogP contribution in [0.1, 0.15) is 23.7 Å². The summed E-state index contributed by atoms with van der Waals surface area (Å²) < 4.78 is 0.877. The van der Waals surface area contributed by atoms with Crippen molar-refractivity contribution >= 4 is 39.0 Å². The van der Waals surface area contributed by atoms with Gasteiger partial charge in [0.1, 0.15) is 0 Å². The molecule has 1 amide bonds. The van der Waals surface area contributed by atoms with Gasteiger partial charge in [0.2, 0.25) is 0 Å². The molecule has 3 N–H and O–H groups in total. The van der Waals surface area contributed by atoms with Crippen molar-refractivity contribution in [1.29, 1.82) is 0 Å². The lowest BCUT2D eigenvalue weighted by Crippen LogP contribution is -2.35. The molecule has 5 heteroatoms. The van der Waals surface area contributed by atoms with Crippen LogP contribution < -0.4 is 11.1 Å². The smallest absolute Gasteiger partial charge is 0.251 e. The summed E-state index contributed by atoms with van der Waals surface area (Å²) in [6, 6.07) is 7.16. The number of carbonyl (C=O) groups excluding carboxylic acids is 1. The lowest BCUT2D eigenvalue weighted by atomic mass is 10.2. The molecule has 0 aliphatic heterocycles. The highest BCUT2D eigenvalue weighted by molar-refractivity contribution is 9.10. The number of amides is 1. The molecule has 0 fully saturated rings. The minimum atomic E-state index is -0.120. The van der Waals surface area contributed by atoms with E-state index in [1.54, 1.807) is 12.1 Å². The molecule has 0 spiro atoms. The topological polar surface area (TPSA) is 55.1 Å². The highest BCUT2D eigenvalue weighted by Gasteiger charge is 2.10. The summed E-state index contributed by atoms with van der Waals surface area (Å²) >= 11 is 8.10. The van der Waals surface area contributed by atoms with E-state index in [9.17, 15) is 4.79 Å². The van der Waals surface area contributed by atoms with Crippen molar-refractivity contribution in [2.24, 2.45) is 5.73 Å². The summed E-state index contributed by atoms with van der Waals surface area (Å²) in [5, 5.41) is 2.83. The molecular weight excluding hydrogens is 288 g/mol. The minimum absolute atomic E-state index is 0.0519. The van der Waals surface area contributed by atoms with E-state index in [0.717, 1.165) is 4.47 Å². The third-order valence-electron chi connectivity index (χ3n) is 1.97. The van der Waals surface area contributed by atoms with Crippen LogP contribution in [0.2, 0.25) is 0 Å². The molecule has 0 aromatic heterocycles. The fourth-order valence-electron chi connectivity index (χ4n) is 1.29. The van der Waals surface area contributed by atoms with E-state index in [0.29, 0.717) is 17.0 Å². The molecule has 0 heterocycles. The normalized spacial score (nSPS) is 11.9. The van der Waals surface area contributed by atoms with Crippen molar-refractivity contribution in [1.82, 2.24) is 5.32 Å². The van der Waals surface area contributed by atoms with Gasteiger partial charge in [-0.15, -0.1) is 0 Å². The second-order valence-electron chi connectivity index (χ2n) is 3.56. The number of benzene rings is 1. The first-order valence-electron chi connectivity index (χ1n) is 4.84. The Hall–Kier alpha value is -0.940. The Morgan fingerprint density at radius 1 is 1.62 bits per heavy atom. The Morgan fingerprint density at radius 3 is 2.88 bits per heavy atom. The molecule has 0 radical (unpaired) electrons. The van der Waals surface area contributed by atoms with Crippen molar-refractivity contribution in [3.05, 3.63) is 34.3 Å². The van der Waals surface area contributed by atoms with Gasteiger partial charge in [-0.05, 0) is 25.1 Å². The first-order chi connectivity index (χ1) is 7.49. The molecule has 86 valence electrons. The maximum absolute atomic E-state index is 11.8. The Kier molecular flexibility index (Phi) is 4.89. The molecule has 1 rings (SSSR count). The van der Waals surface area contributed by atoms with Crippen LogP contribution in [0.25, 0.3) is 0 Å². The summed E-state index contributed by atoms with van der Waals surface area (Å²) in [6.45, 7) is 1.87. The number of hydrogen-bond acceptors (Lipinski definition) is 2. The first-order valence-corrected chi connectivity index (χ1v) is 6.04. The lowest BCUT2D eigenvalue weighted by molar-refractivity contribution is 0.0941. The van der Waals surface area contributed by atoms with E-state index in [1.807, 2.05) is 19.1 Å². The van der Waals surface area contributed by atoms with Gasteiger partial charge >= 0.3 is 0 Å². The summed E-state index contributed by atoms with van der Waals surface area (Å²) in [5.41, 5.74) is 6.02. The fourth-order valence-corrected chi connectivity index (χ4v) is 1.94. The van der Waals surface area contributed by atoms with Gasteiger partial charge < -0.3 is 11.1 Å². The third kappa shape index (κ3) is 4.28. The van der Waals surface area contributed by atoms with Crippen LogP contribution >= 0.6 is 28.1 Å². The van der Waals surface area contributed by atoms with Crippen LogP contribution in [-0.4, -0.2) is 16.9 Å². The Labute approximate surface area is 109 Å². The van der Waals surface area contributed by atoms with Crippen LogP contribution in [0, 0.1) is 0 Å². The van der Waals surface area contributed by atoms with Crippen LogP contribution in [0.15, 0.2) is 28.7 Å². The first kappa shape index (κ1) is 13.1. The maximum atomic E-state index is 11.8. The van der Waals surface area contributed by atoms with Crippen molar-refractivity contribution in [3.8, 4) is 0 Å². The lowest BCUT2D eigenvalue weighted by Gasteiger charge is -2.12. The molecule has 1 aromatic carbocycles. The zero-order valence-electron chi connectivity index (χ0n) is 8.87. The molecule has 16 heavy (non-hydrogen) atoms. The molecule has 0 saturated heterocycles. The molecule has 0 saturated carbocycles. The summed E-state index contributed by atoms with van der Waals surface area (Å²) in [5.74, 6) is -0.120. The Bertz CT molecular complexity index is 409. The number of carbonyl (C=O) groups is 1. The van der Waals surface area contributed by atoms with E-state index >= 15 is 0 Å². The highest BCUT2D eigenvalue weighted by Crippen LogP contribution is 2.11. The van der Waals surface area contributed by atoms with Crippen molar-refractivity contribution in [2.75, 3.05) is 0 Å². The van der Waals surface area contributed by atoms with Gasteiger partial charge in [0.15, 0.2) is 0 Å². The SMILES string of the molecule is CC(CC(N)=S)NC(=O)c1cccc(Br)c1. The van der Waals surface area contributed by atoms with E-state index < -0.39 is 0 Å². The van der Waals surface area contributed by atoms with E-state index in [-0.39, 0.29) is 11.9 Å². The predicted molar refractivity (Wildman–Crippen MR) is 72.5 cm³/mol. The van der Waals surface area contributed by atoms with Crippen LogP contribution in [-0.2, 0) is 0 Å². The fraction of sp³-hybridized carbons (Fsp3) is 0.273. The monoisotopic (exact) mass is 300 g/mol. The Morgan fingerprint density at radius 2 is 2.31 bits per heavy atom. The average molecular weight is 301 g/mol. The molecule has 1 unspecified atom stereocenters. The number of nitrogens with one attached hydrogen (secondary N) is 1. The number of hydrogen-bond donors (Lipinski definition) is 2. The van der Waals surface area contributed by atoms with Gasteiger partial charge in [-0.2, -0.15) is 0 Å². The van der Waals surface area contributed by atoms with Gasteiger partial charge in [0, 0.05) is 22.5 Å². The molecule has 1 aromatic rings. The quantitative estimate of drug-likeness (QED) is 0.839. The average Bonchev–Trinajstić information content (AvgIpc) is 2.16. The predicted octanol–water partition coefficient (Wildman–Crippen LogP) is 2.24. The highest BCUT2D eigenvalue weighted by atomic mass is 79.9.